The van der Waals surface area contributed by atoms with Gasteiger partial charge in [-0.1, -0.05) is 0 Å². The Bertz CT molecular complexity index is 851. The van der Waals surface area contributed by atoms with Gasteiger partial charge in [0.05, 0.1) is 19.2 Å². The van der Waals surface area contributed by atoms with Crippen LogP contribution in [-0.4, -0.2) is 52.9 Å². The van der Waals surface area contributed by atoms with Crippen LogP contribution in [0.4, 0.5) is 0 Å². The van der Waals surface area contributed by atoms with Crippen LogP contribution in [-0.2, 0) is 9.53 Å². The molecule has 2 aliphatic heterocycles. The van der Waals surface area contributed by atoms with Gasteiger partial charge in [-0.2, -0.15) is 0 Å². The van der Waals surface area contributed by atoms with Crippen molar-refractivity contribution >= 4 is 35.1 Å². The molecule has 0 amide bonds. The van der Waals surface area contributed by atoms with Gasteiger partial charge in [0.1, 0.15) is 0 Å². The molecule has 0 radical (unpaired) electrons. The Morgan fingerprint density at radius 3 is 3.12 bits per heavy atom. The van der Waals surface area contributed by atoms with Gasteiger partial charge in [-0.3, -0.25) is 14.7 Å². The number of thiazole rings is 1. The van der Waals surface area contributed by atoms with Crippen molar-refractivity contribution in [2.45, 2.75) is 17.4 Å². The number of carbonyl (C=O) groups is 1. The lowest BCUT2D eigenvalue weighted by Crippen LogP contribution is -2.36. The second-order valence-corrected chi connectivity index (χ2v) is 7.62. The van der Waals surface area contributed by atoms with E-state index >= 15 is 0 Å². The van der Waals surface area contributed by atoms with Gasteiger partial charge >= 0.3 is 5.97 Å². The van der Waals surface area contributed by atoms with Gasteiger partial charge in [-0.25, -0.2) is 9.78 Å². The van der Waals surface area contributed by atoms with Crippen LogP contribution in [0.3, 0.4) is 0 Å². The highest BCUT2D eigenvalue weighted by Gasteiger charge is 2.37. The summed E-state index contributed by atoms with van der Waals surface area (Å²) in [7, 11) is 1.41. The maximum atomic E-state index is 12.2. The zero-order valence-corrected chi connectivity index (χ0v) is 15.7. The Morgan fingerprint density at radius 2 is 2.38 bits per heavy atom. The first-order valence-electron chi connectivity index (χ1n) is 8.11. The minimum atomic E-state index is -0.312. The Balaban J connectivity index is 1.55. The topological polar surface area (TPSA) is 79.7 Å². The second-order valence-electron chi connectivity index (χ2n) is 5.81. The lowest BCUT2D eigenvalue weighted by atomic mass is 10.1. The van der Waals surface area contributed by atoms with E-state index in [0.717, 1.165) is 34.4 Å². The summed E-state index contributed by atoms with van der Waals surface area (Å²) < 4.78 is 8.42. The fourth-order valence-corrected chi connectivity index (χ4v) is 4.40. The summed E-state index contributed by atoms with van der Waals surface area (Å²) in [5, 5.41) is 2.80. The number of amidine groups is 1. The summed E-state index contributed by atoms with van der Waals surface area (Å²) in [6.07, 6.45) is 6.08. The van der Waals surface area contributed by atoms with Gasteiger partial charge < -0.3 is 9.64 Å². The van der Waals surface area contributed by atoms with Gasteiger partial charge in [0.2, 0.25) is 0 Å². The predicted molar refractivity (Wildman–Crippen MR) is 101 cm³/mol. The molecule has 2 aromatic heterocycles. The van der Waals surface area contributed by atoms with Gasteiger partial charge in [0, 0.05) is 53.6 Å². The third-order valence-electron chi connectivity index (χ3n) is 4.19. The number of rotatable bonds is 5. The normalized spacial score (nSPS) is 19.3. The van der Waals surface area contributed by atoms with Gasteiger partial charge in [0.25, 0.3) is 0 Å². The van der Waals surface area contributed by atoms with Crippen molar-refractivity contribution < 1.29 is 9.53 Å². The minimum Gasteiger partial charge on any atom is -0.466 e. The van der Waals surface area contributed by atoms with E-state index in [-0.39, 0.29) is 12.0 Å². The van der Waals surface area contributed by atoms with E-state index in [0.29, 0.717) is 12.1 Å². The fourth-order valence-electron chi connectivity index (χ4n) is 3.03. The van der Waals surface area contributed by atoms with Crippen molar-refractivity contribution in [1.29, 1.82) is 0 Å². The first-order chi connectivity index (χ1) is 12.8. The molecule has 2 aliphatic rings. The highest BCUT2D eigenvalue weighted by atomic mass is 32.2. The van der Waals surface area contributed by atoms with Crippen LogP contribution in [0.25, 0.3) is 0 Å². The molecule has 134 valence electrons. The van der Waals surface area contributed by atoms with E-state index in [2.05, 4.69) is 24.6 Å². The molecule has 7 nitrogen and oxygen atoms in total. The molecule has 1 unspecified atom stereocenters. The van der Waals surface area contributed by atoms with Crippen molar-refractivity contribution in [2.24, 2.45) is 4.99 Å². The molecule has 4 heterocycles. The standard InChI is InChI=1S/C17H17N5O2S2/c1-24-17(23)13-9-20-15(16-19-5-6-25-16)22-10-11(7-14(13)22)21-26-12-3-2-4-18-8-12/h2-6,8,11,21H,7,9-10H2,1H3. The quantitative estimate of drug-likeness (QED) is 0.622. The van der Waals surface area contributed by atoms with Gasteiger partial charge in [0.15, 0.2) is 10.8 Å². The molecule has 4 rings (SSSR count). The van der Waals surface area contributed by atoms with Crippen LogP contribution in [0.15, 0.2) is 57.3 Å². The minimum absolute atomic E-state index is 0.179. The van der Waals surface area contributed by atoms with Gasteiger partial charge in [-0.15, -0.1) is 11.3 Å². The summed E-state index contributed by atoms with van der Waals surface area (Å²) in [6, 6.07) is 4.10. The number of hydrogen-bond donors (Lipinski definition) is 1. The summed E-state index contributed by atoms with van der Waals surface area (Å²) in [5.74, 6) is 0.519. The molecule has 26 heavy (non-hydrogen) atoms. The number of fused-ring (bicyclic) bond motifs is 1. The Hall–Kier alpha value is -2.23. The molecule has 1 fully saturated rings. The van der Waals surface area contributed by atoms with Crippen molar-refractivity contribution in [1.82, 2.24) is 19.6 Å². The molecular formula is C17H17N5O2S2. The Labute approximate surface area is 159 Å². The van der Waals surface area contributed by atoms with E-state index in [4.69, 9.17) is 4.74 Å². The van der Waals surface area contributed by atoms with Crippen molar-refractivity contribution in [3.63, 3.8) is 0 Å². The SMILES string of the molecule is COC(=O)C1=C2CC(NSc3cccnc3)CN2C(c2nccs2)=NC1. The third kappa shape index (κ3) is 3.37. The predicted octanol–water partition coefficient (Wildman–Crippen LogP) is 2.10. The summed E-state index contributed by atoms with van der Waals surface area (Å²) in [4.78, 5) is 28.4. The number of carbonyl (C=O) groups excluding carboxylic acids is 1. The van der Waals surface area contributed by atoms with Crippen molar-refractivity contribution in [3.05, 3.63) is 52.4 Å². The maximum absolute atomic E-state index is 12.2. The number of aliphatic imine (C=N–C) groups is 1. The summed E-state index contributed by atoms with van der Waals surface area (Å²) in [6.45, 7) is 1.05. The molecule has 0 aromatic carbocycles. The molecule has 0 bridgehead atoms. The van der Waals surface area contributed by atoms with E-state index < -0.39 is 0 Å². The lowest BCUT2D eigenvalue weighted by molar-refractivity contribution is -0.136. The zero-order valence-electron chi connectivity index (χ0n) is 14.1. The monoisotopic (exact) mass is 387 g/mol. The third-order valence-corrected chi connectivity index (χ3v) is 5.89. The van der Waals surface area contributed by atoms with Crippen LogP contribution in [0.1, 0.15) is 11.4 Å². The Kier molecular flexibility index (Phi) is 5.00. The highest BCUT2D eigenvalue weighted by molar-refractivity contribution is 7.97. The van der Waals surface area contributed by atoms with Crippen LogP contribution >= 0.6 is 23.3 Å². The van der Waals surface area contributed by atoms with Gasteiger partial charge in [-0.05, 0) is 24.1 Å². The van der Waals surface area contributed by atoms with Crippen LogP contribution in [0.5, 0.6) is 0 Å². The van der Waals surface area contributed by atoms with Crippen LogP contribution < -0.4 is 4.72 Å². The largest absolute Gasteiger partial charge is 0.466 e. The van der Waals surface area contributed by atoms with Crippen molar-refractivity contribution in [2.75, 3.05) is 20.2 Å². The highest BCUT2D eigenvalue weighted by Crippen LogP contribution is 2.32. The molecule has 1 saturated heterocycles. The number of hydrogen-bond acceptors (Lipinski definition) is 9. The fraction of sp³-hybridized carbons (Fsp3) is 0.294. The van der Waals surface area contributed by atoms with E-state index in [9.17, 15) is 4.79 Å². The summed E-state index contributed by atoms with van der Waals surface area (Å²) in [5.41, 5.74) is 1.60. The average molecular weight is 387 g/mol. The van der Waals surface area contributed by atoms with Crippen molar-refractivity contribution in [3.8, 4) is 0 Å². The number of nitrogens with one attached hydrogen (secondary N) is 1. The number of nitrogens with zero attached hydrogens (tertiary/aromatic N) is 4. The number of aromatic nitrogens is 2. The molecule has 2 aromatic rings. The second kappa shape index (κ2) is 7.56. The zero-order chi connectivity index (χ0) is 17.9. The molecule has 0 aliphatic carbocycles. The molecule has 1 atom stereocenters. The lowest BCUT2D eigenvalue weighted by Gasteiger charge is -2.26. The molecule has 0 spiro atoms. The van der Waals surface area contributed by atoms with Crippen LogP contribution in [0, 0.1) is 0 Å². The first kappa shape index (κ1) is 17.2. The van der Waals surface area contributed by atoms with E-state index in [1.807, 2.05) is 23.7 Å². The number of ether oxygens (including phenoxy) is 1. The first-order valence-corrected chi connectivity index (χ1v) is 9.80. The molecule has 9 heteroatoms. The van der Waals surface area contributed by atoms with E-state index in [1.54, 1.807) is 35.7 Å². The van der Waals surface area contributed by atoms with Crippen LogP contribution in [0.2, 0.25) is 0 Å². The molecule has 1 N–H and O–H groups in total. The van der Waals surface area contributed by atoms with E-state index in [1.165, 1.54) is 7.11 Å². The number of esters is 1. The molecule has 0 saturated carbocycles. The number of methoxy groups -OCH3 is 1. The Morgan fingerprint density at radius 1 is 1.46 bits per heavy atom. The smallest absolute Gasteiger partial charge is 0.337 e. The summed E-state index contributed by atoms with van der Waals surface area (Å²) >= 11 is 3.10. The number of pyridine rings is 1. The average Bonchev–Trinajstić information content (AvgIpc) is 3.35. The maximum Gasteiger partial charge on any atom is 0.337 e. The molecular weight excluding hydrogens is 370 g/mol.